The van der Waals surface area contributed by atoms with Crippen molar-refractivity contribution in [2.75, 3.05) is 0 Å². The van der Waals surface area contributed by atoms with Crippen LogP contribution in [0, 0.1) is 15.3 Å². The van der Waals surface area contributed by atoms with E-state index in [4.69, 9.17) is 11.6 Å². The first-order valence-electron chi connectivity index (χ1n) is 10.9. The van der Waals surface area contributed by atoms with E-state index < -0.39 is 5.97 Å². The van der Waals surface area contributed by atoms with E-state index in [-0.39, 0.29) is 23.7 Å². The Labute approximate surface area is 209 Å². The average Bonchev–Trinajstić information content (AvgIpc) is 3.17. The van der Waals surface area contributed by atoms with Crippen molar-refractivity contribution >= 4 is 57.0 Å². The Bertz CT molecular complexity index is 1190. The summed E-state index contributed by atoms with van der Waals surface area (Å²) in [7, 11) is 0. The van der Waals surface area contributed by atoms with Crippen LogP contribution in [-0.2, 0) is 11.3 Å². The SMILES string of the molecule is O=C(NC1CCCC(C(=O)O)CCC1)c1ccc(Cl)c2cnn(Cc3ccc(I)c(F)c3)c12. The van der Waals surface area contributed by atoms with Crippen LogP contribution in [0.25, 0.3) is 10.9 Å². The van der Waals surface area contributed by atoms with Gasteiger partial charge in [-0.2, -0.15) is 5.10 Å². The minimum atomic E-state index is -0.734. The summed E-state index contributed by atoms with van der Waals surface area (Å²) in [5, 5.41) is 18.0. The van der Waals surface area contributed by atoms with Gasteiger partial charge in [0, 0.05) is 15.0 Å². The van der Waals surface area contributed by atoms with E-state index in [2.05, 4.69) is 10.4 Å². The van der Waals surface area contributed by atoms with Gasteiger partial charge in [-0.1, -0.05) is 30.5 Å². The second-order valence-corrected chi connectivity index (χ2v) is 10.0. The largest absolute Gasteiger partial charge is 0.481 e. The number of hydrogen-bond acceptors (Lipinski definition) is 3. The number of rotatable bonds is 5. The molecule has 1 fully saturated rings. The molecule has 0 saturated heterocycles. The predicted molar refractivity (Wildman–Crippen MR) is 133 cm³/mol. The number of halogens is 3. The zero-order valence-corrected chi connectivity index (χ0v) is 20.8. The van der Waals surface area contributed by atoms with Gasteiger partial charge in [-0.05, 0) is 78.1 Å². The normalized spacial score (nSPS) is 19.1. The third-order valence-electron chi connectivity index (χ3n) is 6.20. The Kier molecular flexibility index (Phi) is 7.53. The highest BCUT2D eigenvalue weighted by atomic mass is 127. The van der Waals surface area contributed by atoms with Crippen molar-refractivity contribution in [3.63, 3.8) is 0 Å². The number of carbonyl (C=O) groups is 2. The predicted octanol–water partition coefficient (Wildman–Crippen LogP) is 5.64. The fraction of sp³-hybridized carbons (Fsp3) is 0.375. The zero-order valence-electron chi connectivity index (χ0n) is 17.9. The van der Waals surface area contributed by atoms with Gasteiger partial charge >= 0.3 is 5.97 Å². The van der Waals surface area contributed by atoms with Crippen LogP contribution in [0.3, 0.4) is 0 Å². The van der Waals surface area contributed by atoms with Crippen LogP contribution in [-0.4, -0.2) is 32.8 Å². The number of hydrogen-bond donors (Lipinski definition) is 2. The zero-order chi connectivity index (χ0) is 23.5. The summed E-state index contributed by atoms with van der Waals surface area (Å²) in [6, 6.07) is 8.38. The Morgan fingerprint density at radius 1 is 1.18 bits per heavy atom. The number of carbonyl (C=O) groups excluding carboxylic acids is 1. The molecule has 0 bridgehead atoms. The molecule has 0 aliphatic heterocycles. The van der Waals surface area contributed by atoms with E-state index in [1.165, 1.54) is 6.07 Å². The summed E-state index contributed by atoms with van der Waals surface area (Å²) in [5.74, 6) is -1.54. The molecule has 9 heteroatoms. The fourth-order valence-corrected chi connectivity index (χ4v) is 4.98. The van der Waals surface area contributed by atoms with Crippen LogP contribution < -0.4 is 5.32 Å². The number of benzene rings is 2. The Morgan fingerprint density at radius 2 is 1.91 bits per heavy atom. The minimum absolute atomic E-state index is 0.0142. The molecule has 1 heterocycles. The monoisotopic (exact) mass is 583 g/mol. The highest BCUT2D eigenvalue weighted by Gasteiger charge is 2.24. The molecule has 0 spiro atoms. The number of fused-ring (bicyclic) bond motifs is 1. The van der Waals surface area contributed by atoms with E-state index in [9.17, 15) is 19.1 Å². The molecule has 33 heavy (non-hydrogen) atoms. The molecular formula is C24H24ClFIN3O3. The smallest absolute Gasteiger partial charge is 0.306 e. The van der Waals surface area contributed by atoms with Crippen LogP contribution in [0.4, 0.5) is 4.39 Å². The van der Waals surface area contributed by atoms with Crippen LogP contribution in [0.2, 0.25) is 5.02 Å². The molecule has 1 amide bonds. The summed E-state index contributed by atoms with van der Waals surface area (Å²) >= 11 is 8.31. The maximum absolute atomic E-state index is 14.0. The van der Waals surface area contributed by atoms with Gasteiger partial charge in [0.15, 0.2) is 0 Å². The Morgan fingerprint density at radius 3 is 2.58 bits per heavy atom. The molecule has 1 saturated carbocycles. The molecule has 0 unspecified atom stereocenters. The number of nitrogens with zero attached hydrogens (tertiary/aromatic N) is 2. The highest BCUT2D eigenvalue weighted by Crippen LogP contribution is 2.28. The molecule has 2 N–H and O–H groups in total. The van der Waals surface area contributed by atoms with Crippen molar-refractivity contribution in [2.24, 2.45) is 5.92 Å². The van der Waals surface area contributed by atoms with Crippen LogP contribution in [0.5, 0.6) is 0 Å². The lowest BCUT2D eigenvalue weighted by Crippen LogP contribution is -2.36. The number of amides is 1. The Balaban J connectivity index is 1.56. The summed E-state index contributed by atoms with van der Waals surface area (Å²) in [5.41, 5.74) is 1.80. The topological polar surface area (TPSA) is 84.2 Å². The molecule has 1 aliphatic carbocycles. The van der Waals surface area contributed by atoms with Crippen LogP contribution in [0.15, 0.2) is 36.5 Å². The lowest BCUT2D eigenvalue weighted by Gasteiger charge is -2.24. The lowest BCUT2D eigenvalue weighted by atomic mass is 9.89. The van der Waals surface area contributed by atoms with Gasteiger partial charge in [0.1, 0.15) is 5.82 Å². The van der Waals surface area contributed by atoms with E-state index in [0.29, 0.717) is 44.4 Å². The van der Waals surface area contributed by atoms with Gasteiger partial charge < -0.3 is 10.4 Å². The third kappa shape index (κ3) is 5.48. The van der Waals surface area contributed by atoms with Crippen molar-refractivity contribution in [3.8, 4) is 0 Å². The van der Waals surface area contributed by atoms with Gasteiger partial charge in [-0.25, -0.2) is 4.39 Å². The minimum Gasteiger partial charge on any atom is -0.481 e. The summed E-state index contributed by atoms with van der Waals surface area (Å²) in [4.78, 5) is 24.5. The number of carboxylic acid groups (broad SMARTS) is 1. The van der Waals surface area contributed by atoms with E-state index in [1.807, 2.05) is 28.7 Å². The van der Waals surface area contributed by atoms with Gasteiger partial charge in [-0.15, -0.1) is 0 Å². The molecule has 6 nitrogen and oxygen atoms in total. The van der Waals surface area contributed by atoms with Gasteiger partial charge in [0.05, 0.1) is 34.8 Å². The molecule has 3 aromatic rings. The van der Waals surface area contributed by atoms with Crippen molar-refractivity contribution in [2.45, 2.75) is 51.1 Å². The number of carboxylic acids is 1. The Hall–Kier alpha value is -2.20. The van der Waals surface area contributed by atoms with Crippen molar-refractivity contribution in [1.29, 1.82) is 0 Å². The first-order valence-corrected chi connectivity index (χ1v) is 12.4. The maximum Gasteiger partial charge on any atom is 0.306 e. The summed E-state index contributed by atoms with van der Waals surface area (Å²) in [6.07, 6.45) is 5.89. The average molecular weight is 584 g/mol. The summed E-state index contributed by atoms with van der Waals surface area (Å²) < 4.78 is 16.2. The first kappa shape index (κ1) is 23.9. The number of nitrogens with one attached hydrogen (secondary N) is 1. The molecule has 1 aliphatic rings. The molecular weight excluding hydrogens is 560 g/mol. The second-order valence-electron chi connectivity index (χ2n) is 8.48. The second kappa shape index (κ2) is 10.4. The quantitative estimate of drug-likeness (QED) is 0.381. The molecule has 1 aromatic heterocycles. The standard InChI is InChI=1S/C24H24ClFIN3O3/c25-19-9-8-17(23(31)29-16-5-1-3-15(24(32)33)4-2-6-16)22-18(19)12-28-30(22)13-14-7-10-21(27)20(26)11-14/h7-12,15-16H,1-6,13H2,(H,29,31)(H,32,33). The van der Waals surface area contributed by atoms with Gasteiger partial charge in [0.2, 0.25) is 0 Å². The van der Waals surface area contributed by atoms with E-state index in [1.54, 1.807) is 29.1 Å². The van der Waals surface area contributed by atoms with Crippen molar-refractivity contribution < 1.29 is 19.1 Å². The van der Waals surface area contributed by atoms with Crippen molar-refractivity contribution in [3.05, 3.63) is 62.1 Å². The molecule has 2 aromatic carbocycles. The number of aromatic nitrogens is 2. The molecule has 4 rings (SSSR count). The van der Waals surface area contributed by atoms with Crippen molar-refractivity contribution in [1.82, 2.24) is 15.1 Å². The van der Waals surface area contributed by atoms with Gasteiger partial charge in [0.25, 0.3) is 5.91 Å². The third-order valence-corrected chi connectivity index (χ3v) is 7.41. The molecule has 0 radical (unpaired) electrons. The van der Waals surface area contributed by atoms with Crippen LogP contribution in [0.1, 0.15) is 54.4 Å². The lowest BCUT2D eigenvalue weighted by molar-refractivity contribution is -0.142. The first-order chi connectivity index (χ1) is 15.8. The van der Waals surface area contributed by atoms with Crippen LogP contribution >= 0.6 is 34.2 Å². The number of aliphatic carboxylic acids is 1. The van der Waals surface area contributed by atoms with E-state index in [0.717, 1.165) is 31.2 Å². The maximum atomic E-state index is 14.0. The summed E-state index contributed by atoms with van der Waals surface area (Å²) in [6.45, 7) is 0.304. The molecule has 174 valence electrons. The highest BCUT2D eigenvalue weighted by molar-refractivity contribution is 14.1. The fourth-order valence-electron chi connectivity index (χ4n) is 4.45. The van der Waals surface area contributed by atoms with E-state index >= 15 is 0 Å². The molecule has 0 atom stereocenters. The van der Waals surface area contributed by atoms with Gasteiger partial charge in [-0.3, -0.25) is 14.3 Å².